The molecule has 1 aliphatic rings. The summed E-state index contributed by atoms with van der Waals surface area (Å²) in [6.07, 6.45) is 9.63. The summed E-state index contributed by atoms with van der Waals surface area (Å²) in [5, 5.41) is 0. The Morgan fingerprint density at radius 1 is 1.11 bits per heavy atom. The molecule has 0 aromatic heterocycles. The summed E-state index contributed by atoms with van der Waals surface area (Å²) >= 11 is 0. The average Bonchev–Trinajstić information content (AvgIpc) is 2.68. The van der Waals surface area contributed by atoms with Gasteiger partial charge in [0.05, 0.1) is 12.9 Å². The van der Waals surface area contributed by atoms with Crippen molar-refractivity contribution in [3.05, 3.63) is 72.2 Å². The minimum Gasteiger partial charge on any atom is -0.469 e. The van der Waals surface area contributed by atoms with Gasteiger partial charge in [0.2, 0.25) is 0 Å². The molecule has 98 valence electrons. The van der Waals surface area contributed by atoms with Crippen LogP contribution in [0.2, 0.25) is 0 Å². The number of benzene rings is 1. The Bertz CT molecular complexity index is 498. The van der Waals surface area contributed by atoms with E-state index in [2.05, 4.69) is 0 Å². The molecule has 1 heterocycles. The highest BCUT2D eigenvalue weighted by Crippen LogP contribution is 2.09. The molecule has 0 unspecified atom stereocenters. The third-order valence-corrected chi connectivity index (χ3v) is 2.62. The Morgan fingerprint density at radius 3 is 2.79 bits per heavy atom. The molecule has 0 atom stereocenters. The number of esters is 1. The second-order valence-corrected chi connectivity index (χ2v) is 4.10. The van der Waals surface area contributed by atoms with Crippen LogP contribution in [0, 0.1) is 0 Å². The Labute approximate surface area is 112 Å². The zero-order chi connectivity index (χ0) is 13.3. The van der Waals surface area contributed by atoms with Crippen LogP contribution in [-0.2, 0) is 20.7 Å². The Morgan fingerprint density at radius 2 is 1.95 bits per heavy atom. The molecular formula is C16H16O3. The standard InChI is InChI=1S/C16H16O3/c17-16(13-15-9-5-2-6-11-18-15)19-12-10-14-7-3-1-4-8-14/h1-9,11H,10,12-13H2. The average molecular weight is 256 g/mol. The fourth-order valence-electron chi connectivity index (χ4n) is 1.66. The van der Waals surface area contributed by atoms with Gasteiger partial charge in [0.1, 0.15) is 12.2 Å². The van der Waals surface area contributed by atoms with E-state index in [4.69, 9.17) is 9.47 Å². The molecule has 1 aliphatic heterocycles. The van der Waals surface area contributed by atoms with Crippen molar-refractivity contribution >= 4 is 5.97 Å². The molecular weight excluding hydrogens is 240 g/mol. The van der Waals surface area contributed by atoms with Crippen LogP contribution < -0.4 is 0 Å². The van der Waals surface area contributed by atoms with Gasteiger partial charge in [0, 0.05) is 6.42 Å². The minimum absolute atomic E-state index is 0.156. The fourth-order valence-corrected chi connectivity index (χ4v) is 1.66. The van der Waals surface area contributed by atoms with Crippen LogP contribution in [0.3, 0.4) is 0 Å². The van der Waals surface area contributed by atoms with Crippen molar-refractivity contribution in [3.8, 4) is 0 Å². The van der Waals surface area contributed by atoms with Crippen molar-refractivity contribution in [2.24, 2.45) is 0 Å². The molecule has 3 nitrogen and oxygen atoms in total. The van der Waals surface area contributed by atoms with Crippen molar-refractivity contribution in [3.63, 3.8) is 0 Å². The summed E-state index contributed by atoms with van der Waals surface area (Å²) in [5.74, 6) is 0.320. The number of ether oxygens (including phenoxy) is 2. The van der Waals surface area contributed by atoms with Gasteiger partial charge in [-0.3, -0.25) is 4.79 Å². The lowest BCUT2D eigenvalue weighted by atomic mass is 10.2. The molecule has 19 heavy (non-hydrogen) atoms. The van der Waals surface area contributed by atoms with Gasteiger partial charge < -0.3 is 9.47 Å². The van der Waals surface area contributed by atoms with E-state index in [0.717, 1.165) is 12.0 Å². The van der Waals surface area contributed by atoms with Crippen LogP contribution >= 0.6 is 0 Å². The number of hydrogen-bond donors (Lipinski definition) is 0. The van der Waals surface area contributed by atoms with Crippen LogP contribution in [0.15, 0.2) is 66.7 Å². The van der Waals surface area contributed by atoms with Gasteiger partial charge in [-0.1, -0.05) is 42.5 Å². The van der Waals surface area contributed by atoms with Crippen molar-refractivity contribution < 1.29 is 14.3 Å². The van der Waals surface area contributed by atoms with Gasteiger partial charge in [0.25, 0.3) is 0 Å². The largest absolute Gasteiger partial charge is 0.469 e. The quantitative estimate of drug-likeness (QED) is 0.759. The van der Waals surface area contributed by atoms with Crippen LogP contribution in [-0.4, -0.2) is 12.6 Å². The van der Waals surface area contributed by atoms with Crippen LogP contribution in [0.5, 0.6) is 0 Å². The summed E-state index contributed by atoms with van der Waals surface area (Å²) in [4.78, 5) is 11.6. The Hall–Kier alpha value is -2.29. The van der Waals surface area contributed by atoms with E-state index in [1.54, 1.807) is 18.4 Å². The van der Waals surface area contributed by atoms with Gasteiger partial charge >= 0.3 is 5.97 Å². The molecule has 1 aromatic rings. The maximum atomic E-state index is 11.6. The zero-order valence-electron chi connectivity index (χ0n) is 10.6. The number of rotatable bonds is 5. The SMILES string of the molecule is O=C(CC1=CC=CC=CO1)OCCc1ccccc1. The molecule has 0 N–H and O–H groups in total. The van der Waals surface area contributed by atoms with Crippen LogP contribution in [0.1, 0.15) is 12.0 Å². The molecule has 1 aromatic carbocycles. The fraction of sp³-hybridized carbons (Fsp3) is 0.188. The molecule has 0 bridgehead atoms. The van der Waals surface area contributed by atoms with Crippen LogP contribution in [0.4, 0.5) is 0 Å². The predicted molar refractivity (Wildman–Crippen MR) is 73.2 cm³/mol. The summed E-state index contributed by atoms with van der Waals surface area (Å²) in [7, 11) is 0. The third-order valence-electron chi connectivity index (χ3n) is 2.62. The van der Waals surface area contributed by atoms with Gasteiger partial charge in [-0.15, -0.1) is 0 Å². The normalized spacial score (nSPS) is 13.4. The first-order valence-electron chi connectivity index (χ1n) is 6.23. The maximum absolute atomic E-state index is 11.6. The van der Waals surface area contributed by atoms with Gasteiger partial charge in [-0.2, -0.15) is 0 Å². The topological polar surface area (TPSA) is 35.5 Å². The van der Waals surface area contributed by atoms with Crippen LogP contribution in [0.25, 0.3) is 0 Å². The number of allylic oxidation sites excluding steroid dienone is 4. The van der Waals surface area contributed by atoms with Gasteiger partial charge in [0.15, 0.2) is 0 Å². The van der Waals surface area contributed by atoms with Gasteiger partial charge in [-0.25, -0.2) is 0 Å². The monoisotopic (exact) mass is 256 g/mol. The molecule has 0 fully saturated rings. The molecule has 2 rings (SSSR count). The first kappa shape index (κ1) is 13.1. The van der Waals surface area contributed by atoms with E-state index in [9.17, 15) is 4.79 Å². The van der Waals surface area contributed by atoms with E-state index in [1.165, 1.54) is 0 Å². The summed E-state index contributed by atoms with van der Waals surface area (Å²) in [6, 6.07) is 9.94. The highest BCUT2D eigenvalue weighted by molar-refractivity contribution is 5.72. The number of carbonyl (C=O) groups is 1. The molecule has 0 radical (unpaired) electrons. The highest BCUT2D eigenvalue weighted by Gasteiger charge is 2.08. The highest BCUT2D eigenvalue weighted by atomic mass is 16.5. The number of hydrogen-bond acceptors (Lipinski definition) is 3. The Balaban J connectivity index is 1.71. The molecule has 0 amide bonds. The van der Waals surface area contributed by atoms with Crippen molar-refractivity contribution in [1.29, 1.82) is 0 Å². The predicted octanol–water partition coefficient (Wildman–Crippen LogP) is 3.15. The number of carbonyl (C=O) groups excluding carboxylic acids is 1. The molecule has 0 aliphatic carbocycles. The van der Waals surface area contributed by atoms with Crippen molar-refractivity contribution in [1.82, 2.24) is 0 Å². The van der Waals surface area contributed by atoms with Gasteiger partial charge in [-0.05, 0) is 17.7 Å². The van der Waals surface area contributed by atoms with E-state index in [1.807, 2.05) is 42.5 Å². The molecule has 0 saturated heterocycles. The van der Waals surface area contributed by atoms with E-state index >= 15 is 0 Å². The second-order valence-electron chi connectivity index (χ2n) is 4.10. The molecule has 0 saturated carbocycles. The maximum Gasteiger partial charge on any atom is 0.313 e. The lowest BCUT2D eigenvalue weighted by molar-refractivity contribution is -0.143. The van der Waals surface area contributed by atoms with E-state index in [-0.39, 0.29) is 12.4 Å². The summed E-state index contributed by atoms with van der Waals surface area (Å²) in [5.41, 5.74) is 1.16. The lowest BCUT2D eigenvalue weighted by Crippen LogP contribution is -2.09. The zero-order valence-corrected chi connectivity index (χ0v) is 10.6. The lowest BCUT2D eigenvalue weighted by Gasteiger charge is -2.06. The molecule has 0 spiro atoms. The smallest absolute Gasteiger partial charge is 0.313 e. The Kier molecular flexibility index (Phi) is 4.99. The van der Waals surface area contributed by atoms with Crippen molar-refractivity contribution in [2.45, 2.75) is 12.8 Å². The minimum atomic E-state index is -0.272. The van der Waals surface area contributed by atoms with Crippen molar-refractivity contribution in [2.75, 3.05) is 6.61 Å². The summed E-state index contributed by atoms with van der Waals surface area (Å²) < 4.78 is 10.4. The van der Waals surface area contributed by atoms with E-state index in [0.29, 0.717) is 12.4 Å². The summed E-state index contributed by atoms with van der Waals surface area (Å²) in [6.45, 7) is 0.391. The molecule has 3 heteroatoms. The first-order valence-corrected chi connectivity index (χ1v) is 6.23. The third kappa shape index (κ3) is 4.84. The van der Waals surface area contributed by atoms with E-state index < -0.39 is 0 Å². The second kappa shape index (κ2) is 7.21. The first-order chi connectivity index (χ1) is 9.34.